The lowest BCUT2D eigenvalue weighted by Gasteiger charge is -2.15. The predicted octanol–water partition coefficient (Wildman–Crippen LogP) is 2.03. The first kappa shape index (κ1) is 9.06. The fraction of sp³-hybridized carbons (Fsp3) is 0.364. The van der Waals surface area contributed by atoms with Crippen LogP contribution in [-0.2, 0) is 11.2 Å². The van der Waals surface area contributed by atoms with Gasteiger partial charge in [-0.05, 0) is 17.5 Å². The lowest BCUT2D eigenvalue weighted by atomic mass is 9.94. The summed E-state index contributed by atoms with van der Waals surface area (Å²) in [6, 6.07) is 1.97. The van der Waals surface area contributed by atoms with Crippen LogP contribution in [0, 0.1) is 0 Å². The summed E-state index contributed by atoms with van der Waals surface area (Å²) in [6.45, 7) is 4.22. The molecule has 0 aromatic carbocycles. The van der Waals surface area contributed by atoms with Crippen molar-refractivity contribution in [3.8, 4) is 0 Å². The standard InChI is InChI=1S/C11H12N2O/c1-7(2)9-3-4-12-11-10(9)5-8(14)6-13-11/h3-4,6-7H,5H2,1-2H3. The average molecular weight is 188 g/mol. The predicted molar refractivity (Wildman–Crippen MR) is 55.2 cm³/mol. The van der Waals surface area contributed by atoms with Crippen molar-refractivity contribution in [2.75, 3.05) is 0 Å². The summed E-state index contributed by atoms with van der Waals surface area (Å²) in [5, 5.41) is 0. The van der Waals surface area contributed by atoms with Crippen LogP contribution in [0.2, 0.25) is 0 Å². The number of hydrogen-bond donors (Lipinski definition) is 0. The molecule has 3 nitrogen and oxygen atoms in total. The summed E-state index contributed by atoms with van der Waals surface area (Å²) in [5.74, 6) is 1.18. The highest BCUT2D eigenvalue weighted by atomic mass is 16.1. The van der Waals surface area contributed by atoms with Crippen LogP contribution in [0.15, 0.2) is 17.3 Å². The van der Waals surface area contributed by atoms with E-state index in [2.05, 4.69) is 23.8 Å². The summed E-state index contributed by atoms with van der Waals surface area (Å²) in [6.07, 6.45) is 3.56. The molecule has 0 radical (unpaired) electrons. The number of carbonyl (C=O) groups is 1. The zero-order valence-corrected chi connectivity index (χ0v) is 8.32. The molecule has 0 fully saturated rings. The van der Waals surface area contributed by atoms with E-state index in [4.69, 9.17) is 0 Å². The molecule has 14 heavy (non-hydrogen) atoms. The third-order valence-corrected chi connectivity index (χ3v) is 2.37. The molecular formula is C11H12N2O. The Morgan fingerprint density at radius 3 is 2.93 bits per heavy atom. The van der Waals surface area contributed by atoms with Crippen molar-refractivity contribution in [3.05, 3.63) is 23.4 Å². The number of Topliss-reactive ketones (excluding diaryl/α,β-unsaturated/α-hetero) is 1. The Kier molecular flexibility index (Phi) is 2.15. The molecule has 1 aromatic rings. The van der Waals surface area contributed by atoms with Gasteiger partial charge < -0.3 is 0 Å². The van der Waals surface area contributed by atoms with Crippen LogP contribution < -0.4 is 0 Å². The summed E-state index contributed by atoms with van der Waals surface area (Å²) in [4.78, 5) is 19.4. The highest BCUT2D eigenvalue weighted by Gasteiger charge is 2.17. The van der Waals surface area contributed by atoms with Gasteiger partial charge in [0.15, 0.2) is 11.6 Å². The van der Waals surface area contributed by atoms with E-state index < -0.39 is 0 Å². The highest BCUT2D eigenvalue weighted by Crippen LogP contribution is 2.28. The summed E-state index contributed by atoms with van der Waals surface area (Å²) < 4.78 is 0. The summed E-state index contributed by atoms with van der Waals surface area (Å²) in [5.41, 5.74) is 2.18. The largest absolute Gasteiger partial charge is 0.293 e. The average Bonchev–Trinajstić information content (AvgIpc) is 2.16. The van der Waals surface area contributed by atoms with Gasteiger partial charge in [-0.3, -0.25) is 4.79 Å². The molecule has 0 aliphatic carbocycles. The number of ketones is 1. The number of carbonyl (C=O) groups excluding carboxylic acids is 1. The van der Waals surface area contributed by atoms with Gasteiger partial charge in [-0.25, -0.2) is 9.98 Å². The molecule has 3 heteroatoms. The van der Waals surface area contributed by atoms with Crippen molar-refractivity contribution in [3.63, 3.8) is 0 Å². The Bertz CT molecular complexity index is 408. The zero-order chi connectivity index (χ0) is 10.1. The molecule has 1 aromatic heterocycles. The van der Waals surface area contributed by atoms with Crippen molar-refractivity contribution in [1.29, 1.82) is 0 Å². The maximum Gasteiger partial charge on any atom is 0.178 e. The minimum Gasteiger partial charge on any atom is -0.293 e. The second-order valence-electron chi connectivity index (χ2n) is 3.76. The Hall–Kier alpha value is -1.51. The lowest BCUT2D eigenvalue weighted by Crippen LogP contribution is -2.12. The van der Waals surface area contributed by atoms with Gasteiger partial charge in [0.05, 0.1) is 6.21 Å². The van der Waals surface area contributed by atoms with Crippen LogP contribution in [0.5, 0.6) is 0 Å². The first-order valence-electron chi connectivity index (χ1n) is 4.73. The number of fused-ring (bicyclic) bond motifs is 1. The van der Waals surface area contributed by atoms with Crippen LogP contribution in [0.1, 0.15) is 30.9 Å². The van der Waals surface area contributed by atoms with Crippen molar-refractivity contribution in [1.82, 2.24) is 4.98 Å². The molecule has 0 saturated heterocycles. The van der Waals surface area contributed by atoms with Gasteiger partial charge in [0.2, 0.25) is 0 Å². The molecular weight excluding hydrogens is 176 g/mol. The zero-order valence-electron chi connectivity index (χ0n) is 8.32. The number of aromatic nitrogens is 1. The quantitative estimate of drug-likeness (QED) is 0.676. The van der Waals surface area contributed by atoms with Gasteiger partial charge in [-0.2, -0.15) is 0 Å². The monoisotopic (exact) mass is 188 g/mol. The number of pyridine rings is 1. The van der Waals surface area contributed by atoms with E-state index in [9.17, 15) is 4.79 Å². The molecule has 0 saturated carbocycles. The molecule has 0 atom stereocenters. The van der Waals surface area contributed by atoms with Gasteiger partial charge >= 0.3 is 0 Å². The Morgan fingerprint density at radius 2 is 2.21 bits per heavy atom. The molecule has 1 aliphatic heterocycles. The van der Waals surface area contributed by atoms with Gasteiger partial charge in [-0.1, -0.05) is 13.8 Å². The van der Waals surface area contributed by atoms with E-state index in [0.717, 1.165) is 5.56 Å². The van der Waals surface area contributed by atoms with E-state index in [1.165, 1.54) is 11.8 Å². The lowest BCUT2D eigenvalue weighted by molar-refractivity contribution is -0.112. The van der Waals surface area contributed by atoms with Gasteiger partial charge in [0.1, 0.15) is 0 Å². The van der Waals surface area contributed by atoms with Gasteiger partial charge in [-0.15, -0.1) is 0 Å². The highest BCUT2D eigenvalue weighted by molar-refractivity contribution is 6.29. The molecule has 0 N–H and O–H groups in total. The maximum atomic E-state index is 11.2. The minimum absolute atomic E-state index is 0.0624. The normalized spacial score (nSPS) is 14.6. The SMILES string of the molecule is CC(C)c1ccnc2c1CC(=O)C=N2. The second kappa shape index (κ2) is 3.33. The third kappa shape index (κ3) is 1.45. The Balaban J connectivity index is 2.56. The van der Waals surface area contributed by atoms with Gasteiger partial charge in [0, 0.05) is 18.2 Å². The van der Waals surface area contributed by atoms with Crippen molar-refractivity contribution < 1.29 is 4.79 Å². The molecule has 0 spiro atoms. The van der Waals surface area contributed by atoms with Crippen molar-refractivity contribution in [2.45, 2.75) is 26.2 Å². The maximum absolute atomic E-state index is 11.2. The second-order valence-corrected chi connectivity index (χ2v) is 3.76. The molecule has 0 bridgehead atoms. The van der Waals surface area contributed by atoms with Gasteiger partial charge in [0.25, 0.3) is 0 Å². The summed E-state index contributed by atoms with van der Waals surface area (Å²) >= 11 is 0. The summed E-state index contributed by atoms with van der Waals surface area (Å²) in [7, 11) is 0. The molecule has 0 unspecified atom stereocenters. The van der Waals surface area contributed by atoms with Crippen molar-refractivity contribution >= 4 is 17.8 Å². The fourth-order valence-corrected chi connectivity index (χ4v) is 1.68. The van der Waals surface area contributed by atoms with Crippen LogP contribution in [-0.4, -0.2) is 17.0 Å². The van der Waals surface area contributed by atoms with Crippen LogP contribution in [0.4, 0.5) is 5.82 Å². The van der Waals surface area contributed by atoms with Crippen LogP contribution in [0.3, 0.4) is 0 Å². The Labute approximate surface area is 82.9 Å². The van der Waals surface area contributed by atoms with E-state index in [1.807, 2.05) is 6.07 Å². The molecule has 72 valence electrons. The van der Waals surface area contributed by atoms with Crippen molar-refractivity contribution in [2.24, 2.45) is 4.99 Å². The number of nitrogens with zero attached hydrogens (tertiary/aromatic N) is 2. The molecule has 2 rings (SSSR count). The Morgan fingerprint density at radius 1 is 1.43 bits per heavy atom. The smallest absolute Gasteiger partial charge is 0.178 e. The van der Waals surface area contributed by atoms with E-state index in [0.29, 0.717) is 18.2 Å². The van der Waals surface area contributed by atoms with E-state index in [1.54, 1.807) is 6.20 Å². The third-order valence-electron chi connectivity index (χ3n) is 2.37. The number of hydrogen-bond acceptors (Lipinski definition) is 3. The van der Waals surface area contributed by atoms with Crippen LogP contribution in [0.25, 0.3) is 0 Å². The fourth-order valence-electron chi connectivity index (χ4n) is 1.68. The molecule has 0 amide bonds. The molecule has 2 heterocycles. The minimum atomic E-state index is 0.0624. The van der Waals surface area contributed by atoms with Crippen LogP contribution >= 0.6 is 0 Å². The topological polar surface area (TPSA) is 42.3 Å². The van der Waals surface area contributed by atoms with E-state index >= 15 is 0 Å². The first-order valence-corrected chi connectivity index (χ1v) is 4.73. The number of rotatable bonds is 1. The molecule has 1 aliphatic rings. The first-order chi connectivity index (χ1) is 6.68. The number of aliphatic imine (C=N–C) groups is 1. The van der Waals surface area contributed by atoms with E-state index in [-0.39, 0.29) is 5.78 Å².